The van der Waals surface area contributed by atoms with Gasteiger partial charge in [0.2, 0.25) is 5.91 Å². The SMILES string of the molecule is O=C(CSc1nc2ccccc2c(=O)[nH]1)N1c2ccccc2S[C@@H]2C=CC=C[C@@H]21. The smallest absolute Gasteiger partial charge is 0.259 e. The predicted molar refractivity (Wildman–Crippen MR) is 119 cm³/mol. The monoisotopic (exact) mass is 419 g/mol. The molecule has 2 aromatic carbocycles. The van der Waals surface area contributed by atoms with Gasteiger partial charge >= 0.3 is 0 Å². The van der Waals surface area contributed by atoms with E-state index in [4.69, 9.17) is 0 Å². The van der Waals surface area contributed by atoms with Crippen molar-refractivity contribution in [1.82, 2.24) is 9.97 Å². The molecule has 0 saturated heterocycles. The van der Waals surface area contributed by atoms with Crippen LogP contribution < -0.4 is 10.5 Å². The third-order valence-corrected chi connectivity index (χ3v) is 7.10. The van der Waals surface area contributed by atoms with Gasteiger partial charge in [0.1, 0.15) is 0 Å². The second kappa shape index (κ2) is 7.57. The third kappa shape index (κ3) is 3.41. The van der Waals surface area contributed by atoms with Crippen molar-refractivity contribution in [2.75, 3.05) is 10.7 Å². The molecule has 5 rings (SSSR count). The summed E-state index contributed by atoms with van der Waals surface area (Å²) in [6.45, 7) is 0. The Hall–Kier alpha value is -2.77. The van der Waals surface area contributed by atoms with Crippen molar-refractivity contribution in [3.05, 3.63) is 83.2 Å². The summed E-state index contributed by atoms with van der Waals surface area (Å²) < 4.78 is 0. The maximum absolute atomic E-state index is 13.3. The zero-order chi connectivity index (χ0) is 19.8. The number of para-hydroxylation sites is 2. The highest BCUT2D eigenvalue weighted by atomic mass is 32.2. The first-order chi connectivity index (χ1) is 14.2. The van der Waals surface area contributed by atoms with Crippen LogP contribution >= 0.6 is 23.5 Å². The van der Waals surface area contributed by atoms with Gasteiger partial charge in [-0.1, -0.05) is 60.3 Å². The Morgan fingerprint density at radius 3 is 2.83 bits per heavy atom. The number of hydrogen-bond acceptors (Lipinski definition) is 5. The Bertz CT molecular complexity index is 1220. The number of carbonyl (C=O) groups is 1. The van der Waals surface area contributed by atoms with Crippen LogP contribution in [-0.4, -0.2) is 32.9 Å². The molecule has 2 heterocycles. The number of benzene rings is 2. The molecular formula is C22H17N3O2S2. The fraction of sp³-hybridized carbons (Fsp3) is 0.136. The van der Waals surface area contributed by atoms with Crippen molar-refractivity contribution in [2.24, 2.45) is 0 Å². The molecule has 0 radical (unpaired) electrons. The second-order valence-electron chi connectivity index (χ2n) is 6.75. The average molecular weight is 420 g/mol. The number of allylic oxidation sites excluding steroid dienone is 2. The third-order valence-electron chi connectivity index (χ3n) is 4.93. The number of aromatic amines is 1. The molecule has 5 nitrogen and oxygen atoms in total. The van der Waals surface area contributed by atoms with Gasteiger partial charge in [-0.05, 0) is 24.3 Å². The minimum absolute atomic E-state index is 0.00601. The van der Waals surface area contributed by atoms with Gasteiger partial charge in [-0.2, -0.15) is 0 Å². The van der Waals surface area contributed by atoms with Crippen molar-refractivity contribution in [3.63, 3.8) is 0 Å². The van der Waals surface area contributed by atoms with Crippen molar-refractivity contribution in [2.45, 2.75) is 21.3 Å². The number of carbonyl (C=O) groups excluding carboxylic acids is 1. The molecule has 1 N–H and O–H groups in total. The Morgan fingerprint density at radius 2 is 1.90 bits per heavy atom. The van der Waals surface area contributed by atoms with Gasteiger partial charge in [-0.25, -0.2) is 4.98 Å². The normalized spacial score (nSPS) is 19.8. The fourth-order valence-electron chi connectivity index (χ4n) is 3.61. The number of nitrogens with one attached hydrogen (secondary N) is 1. The summed E-state index contributed by atoms with van der Waals surface area (Å²) in [6.07, 6.45) is 8.24. The molecule has 0 bridgehead atoms. The maximum Gasteiger partial charge on any atom is 0.259 e. The molecule has 2 atom stereocenters. The highest BCUT2D eigenvalue weighted by Crippen LogP contribution is 2.43. The number of anilines is 1. The molecule has 7 heteroatoms. The van der Waals surface area contributed by atoms with Crippen LogP contribution in [0.25, 0.3) is 10.9 Å². The van der Waals surface area contributed by atoms with E-state index in [0.29, 0.717) is 16.1 Å². The lowest BCUT2D eigenvalue weighted by atomic mass is 10.0. The van der Waals surface area contributed by atoms with E-state index in [9.17, 15) is 9.59 Å². The van der Waals surface area contributed by atoms with E-state index in [2.05, 4.69) is 28.2 Å². The minimum atomic E-state index is -0.189. The van der Waals surface area contributed by atoms with Gasteiger partial charge < -0.3 is 9.88 Å². The Morgan fingerprint density at radius 1 is 1.10 bits per heavy atom. The Balaban J connectivity index is 1.42. The molecule has 1 aliphatic heterocycles. The van der Waals surface area contributed by atoms with Crippen LogP contribution in [0.15, 0.2) is 87.7 Å². The van der Waals surface area contributed by atoms with Gasteiger partial charge in [0.15, 0.2) is 5.16 Å². The summed E-state index contributed by atoms with van der Waals surface area (Å²) in [5.74, 6) is 0.189. The van der Waals surface area contributed by atoms with E-state index in [-0.39, 0.29) is 28.5 Å². The molecular weight excluding hydrogens is 402 g/mol. The lowest BCUT2D eigenvalue weighted by Gasteiger charge is -2.40. The van der Waals surface area contributed by atoms with Crippen LogP contribution in [0.5, 0.6) is 0 Å². The van der Waals surface area contributed by atoms with Crippen LogP contribution in [-0.2, 0) is 4.79 Å². The van der Waals surface area contributed by atoms with Crippen LogP contribution in [0.3, 0.4) is 0 Å². The van der Waals surface area contributed by atoms with Gasteiger partial charge in [-0.3, -0.25) is 9.59 Å². The highest BCUT2D eigenvalue weighted by molar-refractivity contribution is 8.00. The summed E-state index contributed by atoms with van der Waals surface area (Å²) in [5, 5.41) is 1.20. The highest BCUT2D eigenvalue weighted by Gasteiger charge is 2.36. The van der Waals surface area contributed by atoms with Crippen molar-refractivity contribution < 1.29 is 4.79 Å². The fourth-order valence-corrected chi connectivity index (χ4v) is 5.60. The number of rotatable bonds is 3. The molecule has 144 valence electrons. The van der Waals surface area contributed by atoms with Crippen LogP contribution in [0.4, 0.5) is 5.69 Å². The van der Waals surface area contributed by atoms with Gasteiger partial charge in [-0.15, -0.1) is 11.8 Å². The number of H-pyrrole nitrogens is 1. The summed E-state index contributed by atoms with van der Waals surface area (Å²) in [7, 11) is 0. The maximum atomic E-state index is 13.3. The van der Waals surface area contributed by atoms with Gasteiger partial charge in [0, 0.05) is 4.90 Å². The molecule has 0 spiro atoms. The number of nitrogens with zero attached hydrogens (tertiary/aromatic N) is 2. The molecule has 1 aromatic heterocycles. The summed E-state index contributed by atoms with van der Waals surface area (Å²) in [5.41, 5.74) is 1.38. The van der Waals surface area contributed by atoms with E-state index >= 15 is 0 Å². The minimum Gasteiger partial charge on any atom is -0.302 e. The second-order valence-corrected chi connectivity index (χ2v) is 8.94. The largest absolute Gasteiger partial charge is 0.302 e. The molecule has 29 heavy (non-hydrogen) atoms. The van der Waals surface area contributed by atoms with Gasteiger partial charge in [0.05, 0.1) is 33.6 Å². The lowest BCUT2D eigenvalue weighted by molar-refractivity contribution is -0.116. The molecule has 1 aliphatic carbocycles. The zero-order valence-corrected chi connectivity index (χ0v) is 17.0. The number of thioether (sulfide) groups is 2. The zero-order valence-electron chi connectivity index (χ0n) is 15.3. The van der Waals surface area contributed by atoms with E-state index in [1.807, 2.05) is 47.4 Å². The molecule has 2 aliphatic rings. The molecule has 1 amide bonds. The predicted octanol–water partition coefficient (Wildman–Crippen LogP) is 4.02. The van der Waals surface area contributed by atoms with E-state index in [0.717, 1.165) is 10.6 Å². The first-order valence-corrected chi connectivity index (χ1v) is 11.1. The summed E-state index contributed by atoms with van der Waals surface area (Å²) in [4.78, 5) is 35.8. The Kier molecular flexibility index (Phi) is 4.77. The molecule has 0 saturated carbocycles. The van der Waals surface area contributed by atoms with E-state index in [1.54, 1.807) is 23.9 Å². The topological polar surface area (TPSA) is 66.1 Å². The molecule has 0 fully saturated rings. The Labute approximate surface area is 175 Å². The van der Waals surface area contributed by atoms with Crippen molar-refractivity contribution in [3.8, 4) is 0 Å². The summed E-state index contributed by atoms with van der Waals surface area (Å²) in [6, 6.07) is 15.2. The van der Waals surface area contributed by atoms with E-state index < -0.39 is 0 Å². The van der Waals surface area contributed by atoms with Crippen molar-refractivity contribution in [1.29, 1.82) is 0 Å². The van der Waals surface area contributed by atoms with Crippen LogP contribution in [0, 0.1) is 0 Å². The molecule has 0 unspecified atom stereocenters. The summed E-state index contributed by atoms with van der Waals surface area (Å²) >= 11 is 3.04. The number of fused-ring (bicyclic) bond motifs is 3. The van der Waals surface area contributed by atoms with Gasteiger partial charge in [0.25, 0.3) is 5.56 Å². The van der Waals surface area contributed by atoms with Crippen LogP contribution in [0.1, 0.15) is 0 Å². The van der Waals surface area contributed by atoms with E-state index in [1.165, 1.54) is 11.8 Å². The number of aromatic nitrogens is 2. The van der Waals surface area contributed by atoms with Crippen molar-refractivity contribution >= 4 is 46.0 Å². The quantitative estimate of drug-likeness (QED) is 0.513. The molecule has 3 aromatic rings. The number of amides is 1. The lowest BCUT2D eigenvalue weighted by Crippen LogP contribution is -2.48. The van der Waals surface area contributed by atoms with Crippen LogP contribution in [0.2, 0.25) is 0 Å². The number of hydrogen-bond donors (Lipinski definition) is 1. The first-order valence-electron chi connectivity index (χ1n) is 9.25. The standard InChI is InChI=1S/C22H17N3O2S2/c26-20(13-28-22-23-15-8-2-1-7-14(15)21(27)24-22)25-16-9-3-5-11-18(16)29-19-12-6-4-10-17(19)25/h1-12,16,18H,13H2,(H,23,24,27)/t16-,18+/m0/s1. The average Bonchev–Trinajstić information content (AvgIpc) is 2.76. The first kappa shape index (κ1) is 18.3.